The highest BCUT2D eigenvalue weighted by atomic mass is 32.2. The third-order valence-corrected chi connectivity index (χ3v) is 6.51. The Balaban J connectivity index is 2.05. The van der Waals surface area contributed by atoms with Crippen molar-refractivity contribution in [1.82, 2.24) is 10.2 Å². The Labute approximate surface area is 124 Å². The standard InChI is InChI=1S/C16H32N2S/c1-5-13-11-17-16(3,6-2)12-18(13)14-8-7-9-15(10-14)19-4/h13-15,17H,5-12H2,1-4H3. The smallest absolute Gasteiger partial charge is 0.0278 e. The number of thioether (sulfide) groups is 1. The fourth-order valence-corrected chi connectivity index (χ4v) is 4.56. The molecule has 1 saturated carbocycles. The summed E-state index contributed by atoms with van der Waals surface area (Å²) < 4.78 is 0. The molecule has 1 aliphatic carbocycles. The van der Waals surface area contributed by atoms with Crippen molar-refractivity contribution in [1.29, 1.82) is 0 Å². The third kappa shape index (κ3) is 3.68. The number of rotatable bonds is 4. The van der Waals surface area contributed by atoms with Gasteiger partial charge in [-0.05, 0) is 45.3 Å². The van der Waals surface area contributed by atoms with E-state index >= 15 is 0 Å². The number of nitrogens with zero attached hydrogens (tertiary/aromatic N) is 1. The van der Waals surface area contributed by atoms with Crippen LogP contribution in [0.2, 0.25) is 0 Å². The molecule has 0 aromatic rings. The SMILES string of the molecule is CCC1CNC(C)(CC)CN1C1CCCC(SC)C1. The van der Waals surface area contributed by atoms with Gasteiger partial charge in [0.25, 0.3) is 0 Å². The van der Waals surface area contributed by atoms with Gasteiger partial charge in [-0.25, -0.2) is 0 Å². The van der Waals surface area contributed by atoms with Crippen LogP contribution in [-0.2, 0) is 0 Å². The highest BCUT2D eigenvalue weighted by Crippen LogP contribution is 2.33. The van der Waals surface area contributed by atoms with Gasteiger partial charge in [-0.2, -0.15) is 11.8 Å². The molecule has 0 amide bonds. The van der Waals surface area contributed by atoms with Gasteiger partial charge in [-0.3, -0.25) is 4.90 Å². The minimum atomic E-state index is 0.331. The highest BCUT2D eigenvalue weighted by Gasteiger charge is 2.38. The van der Waals surface area contributed by atoms with E-state index < -0.39 is 0 Å². The molecule has 1 aliphatic heterocycles. The van der Waals surface area contributed by atoms with Crippen molar-refractivity contribution in [3.8, 4) is 0 Å². The summed E-state index contributed by atoms with van der Waals surface area (Å²) in [7, 11) is 0. The lowest BCUT2D eigenvalue weighted by Gasteiger charge is -2.50. The first-order valence-electron chi connectivity index (χ1n) is 8.15. The highest BCUT2D eigenvalue weighted by molar-refractivity contribution is 7.99. The zero-order valence-corrected chi connectivity index (χ0v) is 14.1. The average Bonchev–Trinajstić information content (AvgIpc) is 2.47. The summed E-state index contributed by atoms with van der Waals surface area (Å²) in [5.41, 5.74) is 0.331. The van der Waals surface area contributed by atoms with Gasteiger partial charge >= 0.3 is 0 Å². The van der Waals surface area contributed by atoms with E-state index in [2.05, 4.69) is 49.0 Å². The summed E-state index contributed by atoms with van der Waals surface area (Å²) in [5, 5.41) is 4.70. The van der Waals surface area contributed by atoms with E-state index in [0.717, 1.165) is 17.3 Å². The molecule has 19 heavy (non-hydrogen) atoms. The van der Waals surface area contributed by atoms with Gasteiger partial charge in [-0.15, -0.1) is 0 Å². The summed E-state index contributed by atoms with van der Waals surface area (Å²) in [6.07, 6.45) is 10.5. The fourth-order valence-electron chi connectivity index (χ4n) is 3.75. The van der Waals surface area contributed by atoms with Crippen molar-refractivity contribution < 1.29 is 0 Å². The second kappa shape index (κ2) is 6.82. The van der Waals surface area contributed by atoms with Crippen molar-refractivity contribution in [2.75, 3.05) is 19.3 Å². The molecule has 0 bridgehead atoms. The molecule has 4 atom stereocenters. The van der Waals surface area contributed by atoms with Crippen LogP contribution in [0.1, 0.15) is 59.3 Å². The molecule has 1 saturated heterocycles. The van der Waals surface area contributed by atoms with E-state index in [1.54, 1.807) is 0 Å². The van der Waals surface area contributed by atoms with Crippen LogP contribution >= 0.6 is 11.8 Å². The molecule has 1 heterocycles. The minimum absolute atomic E-state index is 0.331. The second-order valence-electron chi connectivity index (χ2n) is 6.71. The van der Waals surface area contributed by atoms with Crippen molar-refractivity contribution in [3.63, 3.8) is 0 Å². The second-order valence-corrected chi connectivity index (χ2v) is 7.85. The van der Waals surface area contributed by atoms with Gasteiger partial charge in [0.15, 0.2) is 0 Å². The van der Waals surface area contributed by atoms with Crippen molar-refractivity contribution >= 4 is 11.8 Å². The number of piperazine rings is 1. The fraction of sp³-hybridized carbons (Fsp3) is 1.00. The Morgan fingerprint density at radius 3 is 2.74 bits per heavy atom. The maximum atomic E-state index is 3.79. The Morgan fingerprint density at radius 2 is 2.11 bits per heavy atom. The molecule has 1 N–H and O–H groups in total. The van der Waals surface area contributed by atoms with Gasteiger partial charge in [0, 0.05) is 36.0 Å². The van der Waals surface area contributed by atoms with E-state index in [4.69, 9.17) is 0 Å². The van der Waals surface area contributed by atoms with Gasteiger partial charge in [0.05, 0.1) is 0 Å². The molecule has 0 aromatic heterocycles. The van der Waals surface area contributed by atoms with E-state index in [1.165, 1.54) is 51.6 Å². The number of hydrogen-bond donors (Lipinski definition) is 1. The number of hydrogen-bond acceptors (Lipinski definition) is 3. The van der Waals surface area contributed by atoms with Crippen LogP contribution < -0.4 is 5.32 Å². The Kier molecular flexibility index (Phi) is 5.62. The molecule has 3 heteroatoms. The summed E-state index contributed by atoms with van der Waals surface area (Å²) >= 11 is 2.09. The predicted octanol–water partition coefficient (Wildman–Crippen LogP) is 3.51. The molecule has 0 radical (unpaired) electrons. The lowest BCUT2D eigenvalue weighted by atomic mass is 9.87. The summed E-state index contributed by atoms with van der Waals surface area (Å²) in [6.45, 7) is 9.50. The van der Waals surface area contributed by atoms with Crippen LogP contribution in [0.25, 0.3) is 0 Å². The van der Waals surface area contributed by atoms with E-state index in [-0.39, 0.29) is 0 Å². The molecule has 4 unspecified atom stereocenters. The van der Waals surface area contributed by atoms with Crippen molar-refractivity contribution in [2.45, 2.75) is 82.2 Å². The number of nitrogens with one attached hydrogen (secondary N) is 1. The molecule has 2 nitrogen and oxygen atoms in total. The normalized spacial score (nSPS) is 41.4. The first-order valence-corrected chi connectivity index (χ1v) is 9.44. The predicted molar refractivity (Wildman–Crippen MR) is 87.0 cm³/mol. The molecular formula is C16H32N2S. The van der Waals surface area contributed by atoms with Crippen molar-refractivity contribution in [3.05, 3.63) is 0 Å². The van der Waals surface area contributed by atoms with Crippen LogP contribution in [0.15, 0.2) is 0 Å². The lowest BCUT2D eigenvalue weighted by molar-refractivity contribution is 0.0303. The van der Waals surface area contributed by atoms with Crippen LogP contribution in [0.5, 0.6) is 0 Å². The van der Waals surface area contributed by atoms with Crippen LogP contribution in [0.3, 0.4) is 0 Å². The van der Waals surface area contributed by atoms with Gasteiger partial charge in [-0.1, -0.05) is 20.3 Å². The Morgan fingerprint density at radius 1 is 1.32 bits per heavy atom. The minimum Gasteiger partial charge on any atom is -0.309 e. The lowest BCUT2D eigenvalue weighted by Crippen LogP contribution is -2.65. The average molecular weight is 285 g/mol. The Bertz CT molecular complexity index is 284. The monoisotopic (exact) mass is 284 g/mol. The summed E-state index contributed by atoms with van der Waals surface area (Å²) in [5.74, 6) is 0. The van der Waals surface area contributed by atoms with Crippen LogP contribution in [0.4, 0.5) is 0 Å². The molecule has 2 aliphatic rings. The Hall–Kier alpha value is 0.270. The van der Waals surface area contributed by atoms with E-state index in [0.29, 0.717) is 5.54 Å². The third-order valence-electron chi connectivity index (χ3n) is 5.42. The van der Waals surface area contributed by atoms with E-state index in [1.807, 2.05) is 0 Å². The quantitative estimate of drug-likeness (QED) is 0.850. The summed E-state index contributed by atoms with van der Waals surface area (Å²) in [6, 6.07) is 1.59. The topological polar surface area (TPSA) is 15.3 Å². The zero-order chi connectivity index (χ0) is 13.9. The molecule has 0 spiro atoms. The zero-order valence-electron chi connectivity index (χ0n) is 13.2. The largest absolute Gasteiger partial charge is 0.309 e. The maximum absolute atomic E-state index is 3.79. The summed E-state index contributed by atoms with van der Waals surface area (Å²) in [4.78, 5) is 2.86. The van der Waals surface area contributed by atoms with Crippen molar-refractivity contribution in [2.24, 2.45) is 0 Å². The maximum Gasteiger partial charge on any atom is 0.0278 e. The molecule has 2 fully saturated rings. The van der Waals surface area contributed by atoms with Gasteiger partial charge < -0.3 is 5.32 Å². The van der Waals surface area contributed by atoms with Gasteiger partial charge in [0.1, 0.15) is 0 Å². The van der Waals surface area contributed by atoms with Crippen LogP contribution in [0, 0.1) is 0 Å². The first-order chi connectivity index (χ1) is 9.11. The van der Waals surface area contributed by atoms with E-state index in [9.17, 15) is 0 Å². The first kappa shape index (κ1) is 15.7. The molecule has 2 rings (SSSR count). The van der Waals surface area contributed by atoms with Gasteiger partial charge in [0.2, 0.25) is 0 Å². The molecular weight excluding hydrogens is 252 g/mol. The molecule has 112 valence electrons. The van der Waals surface area contributed by atoms with Crippen LogP contribution in [-0.4, -0.2) is 47.1 Å². The molecule has 0 aromatic carbocycles.